The Morgan fingerprint density at radius 1 is 1.31 bits per heavy atom. The molecule has 0 radical (unpaired) electrons. The fourth-order valence-corrected chi connectivity index (χ4v) is 5.51. The van der Waals surface area contributed by atoms with Gasteiger partial charge in [-0.3, -0.25) is 4.72 Å². The highest BCUT2D eigenvalue weighted by Crippen LogP contribution is 2.41. The third-order valence-electron chi connectivity index (χ3n) is 5.49. The fourth-order valence-electron chi connectivity index (χ4n) is 4.12. The minimum Gasteiger partial charge on any atom is -0.490 e. The van der Waals surface area contributed by atoms with E-state index in [1.165, 1.54) is 21.6 Å². The summed E-state index contributed by atoms with van der Waals surface area (Å²) >= 11 is 3.41. The van der Waals surface area contributed by atoms with Crippen molar-refractivity contribution in [1.29, 1.82) is 5.26 Å². The van der Waals surface area contributed by atoms with Gasteiger partial charge in [0, 0.05) is 30.1 Å². The number of ether oxygens (including phenoxy) is 1. The van der Waals surface area contributed by atoms with Crippen LogP contribution >= 0.6 is 23.3 Å². The van der Waals surface area contributed by atoms with Crippen molar-refractivity contribution in [2.24, 2.45) is 0 Å². The Bertz CT molecular complexity index is 1120. The van der Waals surface area contributed by atoms with Gasteiger partial charge in [-0.15, -0.1) is 11.3 Å². The maximum absolute atomic E-state index is 9.55. The van der Waals surface area contributed by atoms with Gasteiger partial charge in [-0.25, -0.2) is 4.98 Å². The number of fused-ring (bicyclic) bond motifs is 1. The van der Waals surface area contributed by atoms with Gasteiger partial charge >= 0.3 is 0 Å². The Morgan fingerprint density at radius 2 is 2.19 bits per heavy atom. The molecule has 1 heterocycles. The molecule has 0 saturated heterocycles. The average molecular weight is 465 g/mol. The van der Waals surface area contributed by atoms with Crippen molar-refractivity contribution < 1.29 is 4.74 Å². The number of hydrogen-bond acceptors (Lipinski definition) is 7. The van der Waals surface area contributed by atoms with Crippen LogP contribution in [-0.2, 0) is 6.42 Å². The molecule has 0 amide bonds. The van der Waals surface area contributed by atoms with Crippen molar-refractivity contribution in [3.8, 4) is 32.8 Å². The molecular weight excluding hydrogens is 436 g/mol. The summed E-state index contributed by atoms with van der Waals surface area (Å²) in [5, 5.41) is 14.2. The van der Waals surface area contributed by atoms with Gasteiger partial charge in [-0.1, -0.05) is 30.1 Å². The van der Waals surface area contributed by atoms with Crippen molar-refractivity contribution in [1.82, 2.24) is 15.0 Å². The number of thiazole rings is 1. The normalized spacial score (nSPS) is 15.0. The summed E-state index contributed by atoms with van der Waals surface area (Å²) in [7, 11) is 1.96. The number of benzene rings is 2. The molecule has 1 aromatic heterocycles. The third kappa shape index (κ3) is 5.00. The van der Waals surface area contributed by atoms with E-state index in [9.17, 15) is 5.26 Å². The smallest absolute Gasteiger partial charge is 0.137 e. The lowest BCUT2D eigenvalue weighted by atomic mass is 10.0. The van der Waals surface area contributed by atoms with Crippen molar-refractivity contribution in [3.63, 3.8) is 0 Å². The van der Waals surface area contributed by atoms with Gasteiger partial charge in [0.2, 0.25) is 0 Å². The van der Waals surface area contributed by atoms with E-state index in [0.29, 0.717) is 17.4 Å². The van der Waals surface area contributed by atoms with Crippen LogP contribution in [0.1, 0.15) is 43.0 Å². The van der Waals surface area contributed by atoms with Gasteiger partial charge in [0.15, 0.2) is 0 Å². The van der Waals surface area contributed by atoms with Gasteiger partial charge in [0.05, 0.1) is 16.5 Å². The Morgan fingerprint density at radius 3 is 2.97 bits per heavy atom. The highest BCUT2D eigenvalue weighted by atomic mass is 32.2. The Balaban J connectivity index is 1.56. The molecule has 1 aliphatic rings. The zero-order chi connectivity index (χ0) is 22.5. The minimum absolute atomic E-state index is 0.0278. The molecule has 1 aliphatic carbocycles. The van der Waals surface area contributed by atoms with E-state index in [-0.39, 0.29) is 6.10 Å². The zero-order valence-electron chi connectivity index (χ0n) is 18.6. The van der Waals surface area contributed by atoms with Crippen LogP contribution in [0.15, 0.2) is 42.6 Å². The fraction of sp³-hybridized carbons (Fsp3) is 0.360. The second-order valence-corrected chi connectivity index (χ2v) is 10.1. The quantitative estimate of drug-likeness (QED) is 0.318. The van der Waals surface area contributed by atoms with E-state index >= 15 is 0 Å². The maximum atomic E-state index is 9.55. The highest BCUT2D eigenvalue weighted by Gasteiger charge is 2.25. The number of hydrogen-bond donors (Lipinski definition) is 2. The van der Waals surface area contributed by atoms with Crippen molar-refractivity contribution in [2.75, 3.05) is 19.3 Å². The number of rotatable bonds is 9. The lowest BCUT2D eigenvalue weighted by Crippen LogP contribution is -2.22. The molecular formula is C25H28N4OS2. The lowest BCUT2D eigenvalue weighted by molar-refractivity contribution is 0.242. The molecule has 2 aromatic carbocycles. The highest BCUT2D eigenvalue weighted by molar-refractivity contribution is 7.97. The van der Waals surface area contributed by atoms with Crippen molar-refractivity contribution in [2.45, 2.75) is 38.8 Å². The molecule has 0 aliphatic heterocycles. The summed E-state index contributed by atoms with van der Waals surface area (Å²) in [6.45, 7) is 4.91. The van der Waals surface area contributed by atoms with Crippen LogP contribution < -0.4 is 14.8 Å². The minimum atomic E-state index is 0.0278. The van der Waals surface area contributed by atoms with E-state index in [4.69, 9.17) is 4.74 Å². The van der Waals surface area contributed by atoms with Crippen LogP contribution in [0.2, 0.25) is 0 Å². The second-order valence-electron chi connectivity index (χ2n) is 7.99. The summed E-state index contributed by atoms with van der Waals surface area (Å²) in [6.07, 6.45) is 4.20. The van der Waals surface area contributed by atoms with Gasteiger partial charge < -0.3 is 10.1 Å². The molecule has 0 bridgehead atoms. The van der Waals surface area contributed by atoms with Crippen molar-refractivity contribution in [3.05, 3.63) is 59.3 Å². The molecule has 3 aromatic rings. The molecule has 0 spiro atoms. The first kappa shape index (κ1) is 22.8. The molecule has 7 heteroatoms. The molecule has 1 unspecified atom stereocenters. The topological polar surface area (TPSA) is 70.0 Å². The van der Waals surface area contributed by atoms with Crippen molar-refractivity contribution >= 4 is 23.3 Å². The number of nitriles is 1. The molecule has 166 valence electrons. The summed E-state index contributed by atoms with van der Waals surface area (Å²) < 4.78 is 8.88. The van der Waals surface area contributed by atoms with Crippen LogP contribution in [0.25, 0.3) is 21.0 Å². The van der Waals surface area contributed by atoms with E-state index in [0.717, 1.165) is 35.7 Å². The predicted octanol–water partition coefficient (Wildman–Crippen LogP) is 5.58. The van der Waals surface area contributed by atoms with Crippen LogP contribution in [0, 0.1) is 11.3 Å². The Labute approximate surface area is 198 Å². The number of aromatic nitrogens is 1. The third-order valence-corrected chi connectivity index (χ3v) is 7.27. The second kappa shape index (κ2) is 10.5. The number of nitrogens with zero attached hydrogens (tertiary/aromatic N) is 2. The van der Waals surface area contributed by atoms with E-state index in [1.54, 1.807) is 23.3 Å². The molecule has 5 nitrogen and oxygen atoms in total. The zero-order valence-corrected chi connectivity index (χ0v) is 20.3. The molecule has 2 N–H and O–H groups in total. The first-order valence-electron chi connectivity index (χ1n) is 10.9. The predicted molar refractivity (Wildman–Crippen MR) is 134 cm³/mol. The largest absolute Gasteiger partial charge is 0.490 e. The van der Waals surface area contributed by atoms with Gasteiger partial charge in [0.25, 0.3) is 0 Å². The molecule has 0 fully saturated rings. The first-order chi connectivity index (χ1) is 15.6. The molecule has 0 saturated carbocycles. The van der Waals surface area contributed by atoms with Crippen LogP contribution in [0.3, 0.4) is 0 Å². The maximum Gasteiger partial charge on any atom is 0.137 e. The van der Waals surface area contributed by atoms with E-state index in [2.05, 4.69) is 39.3 Å². The van der Waals surface area contributed by atoms with Crippen LogP contribution in [0.5, 0.6) is 5.75 Å². The SMILES string of the molecule is CNSCCNC1CCc2c(-c3cnc(-c4ccc(OC(C)C)c(C#N)c4)s3)cccc21. The number of nitrogens with one attached hydrogen (secondary N) is 2. The van der Waals surface area contributed by atoms with E-state index < -0.39 is 0 Å². The monoisotopic (exact) mass is 464 g/mol. The van der Waals surface area contributed by atoms with Crippen LogP contribution in [-0.4, -0.2) is 30.4 Å². The van der Waals surface area contributed by atoms with Gasteiger partial charge in [-0.05, 0) is 68.6 Å². The molecule has 4 rings (SSSR count). The summed E-state index contributed by atoms with van der Waals surface area (Å²) in [4.78, 5) is 5.86. The molecule has 1 atom stereocenters. The van der Waals surface area contributed by atoms with Crippen LogP contribution in [0.4, 0.5) is 0 Å². The Kier molecular flexibility index (Phi) is 7.48. The molecule has 32 heavy (non-hydrogen) atoms. The average Bonchev–Trinajstić information content (AvgIpc) is 3.44. The standard InChI is InChI=1S/C25H28N4OS2/c1-16(2)30-23-10-7-17(13-18(23)14-26)25-29-15-24(32-25)21-6-4-5-20-19(21)8-9-22(20)28-11-12-31-27-3/h4-7,10,13,15-16,22,27-28H,8-9,11-12H2,1-3H3. The Hall–Kier alpha value is -2.37. The summed E-state index contributed by atoms with van der Waals surface area (Å²) in [5.74, 6) is 1.67. The summed E-state index contributed by atoms with van der Waals surface area (Å²) in [5.41, 5.74) is 5.61. The van der Waals surface area contributed by atoms with E-state index in [1.807, 2.05) is 45.3 Å². The lowest BCUT2D eigenvalue weighted by Gasteiger charge is -2.14. The van der Waals surface area contributed by atoms with Gasteiger partial charge in [-0.2, -0.15) is 5.26 Å². The first-order valence-corrected chi connectivity index (χ1v) is 12.7. The summed E-state index contributed by atoms with van der Waals surface area (Å²) in [6, 6.07) is 15.0. The van der Waals surface area contributed by atoms with Gasteiger partial charge in [0.1, 0.15) is 16.8 Å².